The molecule has 0 fully saturated rings. The molecular formula is C32H29N5O2S. The zero-order chi connectivity index (χ0) is 27.9. The topological polar surface area (TPSA) is 74.3 Å². The molecule has 0 N–H and O–H groups in total. The SMILES string of the molecule is CCOc1ccc(-c2nn(-c3ccccc3)cc2C=c2sc3nc(-c4ccc(C(C)(C)C)cc4)nn3c2=O)cc1. The molecule has 0 atom stereocenters. The lowest BCUT2D eigenvalue weighted by Gasteiger charge is -2.18. The third-order valence-electron chi connectivity index (χ3n) is 6.68. The maximum Gasteiger partial charge on any atom is 0.291 e. The van der Waals surface area contributed by atoms with Crippen LogP contribution in [0, 0.1) is 0 Å². The Morgan fingerprint density at radius 3 is 2.25 bits per heavy atom. The summed E-state index contributed by atoms with van der Waals surface area (Å²) < 4.78 is 9.38. The summed E-state index contributed by atoms with van der Waals surface area (Å²) in [5, 5.41) is 9.43. The summed E-state index contributed by atoms with van der Waals surface area (Å²) in [6.07, 6.45) is 3.82. The minimum atomic E-state index is -0.199. The summed E-state index contributed by atoms with van der Waals surface area (Å²) in [4.78, 5) is 18.6. The minimum absolute atomic E-state index is 0.0614. The fourth-order valence-electron chi connectivity index (χ4n) is 4.52. The Morgan fingerprint density at radius 1 is 0.900 bits per heavy atom. The van der Waals surface area contributed by atoms with Crippen molar-refractivity contribution >= 4 is 22.4 Å². The molecule has 0 radical (unpaired) electrons. The average Bonchev–Trinajstić information content (AvgIpc) is 3.65. The van der Waals surface area contributed by atoms with Crippen molar-refractivity contribution < 1.29 is 4.74 Å². The van der Waals surface area contributed by atoms with Gasteiger partial charge in [-0.05, 0) is 60.4 Å². The number of thiazole rings is 1. The number of ether oxygens (including phenoxy) is 1. The molecule has 0 unspecified atom stereocenters. The third kappa shape index (κ3) is 4.94. The number of rotatable bonds is 6. The first-order chi connectivity index (χ1) is 19.3. The van der Waals surface area contributed by atoms with Crippen molar-refractivity contribution in [2.24, 2.45) is 0 Å². The van der Waals surface area contributed by atoms with E-state index in [0.717, 1.165) is 33.8 Å². The second kappa shape index (κ2) is 10.2. The van der Waals surface area contributed by atoms with Crippen LogP contribution < -0.4 is 14.8 Å². The van der Waals surface area contributed by atoms with E-state index in [-0.39, 0.29) is 11.0 Å². The Kier molecular flexibility index (Phi) is 6.56. The van der Waals surface area contributed by atoms with E-state index in [2.05, 4.69) is 43.0 Å². The van der Waals surface area contributed by atoms with Crippen LogP contribution in [0.3, 0.4) is 0 Å². The van der Waals surface area contributed by atoms with Crippen LogP contribution in [0.1, 0.15) is 38.8 Å². The molecule has 200 valence electrons. The molecule has 6 rings (SSSR count). The van der Waals surface area contributed by atoms with Gasteiger partial charge < -0.3 is 4.74 Å². The van der Waals surface area contributed by atoms with Crippen LogP contribution >= 0.6 is 11.3 Å². The standard InChI is InChI=1S/C32H29N5O2S/c1-5-39-26-17-13-21(14-18-26)28-23(20-36(34-28)25-9-7-6-8-10-25)19-27-30(38)37-31(40-27)33-29(35-37)22-11-15-24(16-12-22)32(2,3)4/h6-20H,5H2,1-4H3. The van der Waals surface area contributed by atoms with Gasteiger partial charge in [0.05, 0.1) is 16.8 Å². The van der Waals surface area contributed by atoms with E-state index >= 15 is 0 Å². The number of nitrogens with zero attached hydrogens (tertiary/aromatic N) is 5. The molecule has 0 aliphatic rings. The van der Waals surface area contributed by atoms with E-state index in [1.165, 1.54) is 21.4 Å². The van der Waals surface area contributed by atoms with Crippen molar-refractivity contribution in [2.75, 3.05) is 6.61 Å². The minimum Gasteiger partial charge on any atom is -0.494 e. The van der Waals surface area contributed by atoms with Gasteiger partial charge in [-0.1, -0.05) is 74.6 Å². The molecular weight excluding hydrogens is 518 g/mol. The molecule has 8 heteroatoms. The largest absolute Gasteiger partial charge is 0.494 e. The Hall–Kier alpha value is -4.56. The molecule has 0 saturated carbocycles. The lowest BCUT2D eigenvalue weighted by atomic mass is 9.87. The van der Waals surface area contributed by atoms with Gasteiger partial charge in [0.15, 0.2) is 5.82 Å². The zero-order valence-electron chi connectivity index (χ0n) is 22.8. The predicted molar refractivity (Wildman–Crippen MR) is 160 cm³/mol. The maximum atomic E-state index is 13.4. The number of benzene rings is 3. The van der Waals surface area contributed by atoms with E-state index in [4.69, 9.17) is 9.84 Å². The van der Waals surface area contributed by atoms with Crippen LogP contribution in [0.5, 0.6) is 5.75 Å². The van der Waals surface area contributed by atoms with Crippen LogP contribution in [0.4, 0.5) is 0 Å². The van der Waals surface area contributed by atoms with E-state index in [0.29, 0.717) is 21.9 Å². The summed E-state index contributed by atoms with van der Waals surface area (Å²) >= 11 is 1.32. The van der Waals surface area contributed by atoms with Crippen LogP contribution in [0.25, 0.3) is 39.4 Å². The van der Waals surface area contributed by atoms with Gasteiger partial charge in [-0.2, -0.15) is 14.6 Å². The Labute approximate surface area is 236 Å². The van der Waals surface area contributed by atoms with Gasteiger partial charge in [0, 0.05) is 22.9 Å². The van der Waals surface area contributed by atoms with Crippen molar-refractivity contribution in [1.82, 2.24) is 24.4 Å². The predicted octanol–water partition coefficient (Wildman–Crippen LogP) is 5.91. The van der Waals surface area contributed by atoms with Crippen molar-refractivity contribution in [3.8, 4) is 34.1 Å². The first kappa shape index (κ1) is 25.7. The maximum absolute atomic E-state index is 13.4. The molecule has 0 aliphatic heterocycles. The summed E-state index contributed by atoms with van der Waals surface area (Å²) in [6.45, 7) is 9.10. The van der Waals surface area contributed by atoms with E-state index in [1.54, 1.807) is 0 Å². The fraction of sp³-hybridized carbons (Fsp3) is 0.188. The number of hydrogen-bond donors (Lipinski definition) is 0. The van der Waals surface area contributed by atoms with Gasteiger partial charge in [0.25, 0.3) is 5.56 Å². The lowest BCUT2D eigenvalue weighted by Crippen LogP contribution is -2.23. The second-order valence-corrected chi connectivity index (χ2v) is 11.6. The molecule has 0 spiro atoms. The number of aromatic nitrogens is 5. The Bertz CT molecular complexity index is 1900. The van der Waals surface area contributed by atoms with Gasteiger partial charge >= 0.3 is 0 Å². The van der Waals surface area contributed by atoms with Gasteiger partial charge in [-0.3, -0.25) is 4.79 Å². The molecule has 0 amide bonds. The molecule has 3 aromatic heterocycles. The first-order valence-electron chi connectivity index (χ1n) is 13.2. The second-order valence-electron chi connectivity index (χ2n) is 10.5. The average molecular weight is 548 g/mol. The normalized spacial score (nSPS) is 12.3. The molecule has 40 heavy (non-hydrogen) atoms. The number of hydrogen-bond acceptors (Lipinski definition) is 6. The summed E-state index contributed by atoms with van der Waals surface area (Å²) in [7, 11) is 0. The summed E-state index contributed by atoms with van der Waals surface area (Å²) in [5.74, 6) is 1.35. The highest BCUT2D eigenvalue weighted by molar-refractivity contribution is 7.15. The molecule has 3 heterocycles. The summed E-state index contributed by atoms with van der Waals surface area (Å²) in [6, 6.07) is 26.0. The molecule has 0 saturated heterocycles. The molecule has 0 aliphatic carbocycles. The molecule has 7 nitrogen and oxygen atoms in total. The number of para-hydroxylation sites is 1. The van der Waals surface area contributed by atoms with Crippen molar-refractivity contribution in [2.45, 2.75) is 33.1 Å². The Balaban J connectivity index is 1.41. The smallest absolute Gasteiger partial charge is 0.291 e. The lowest BCUT2D eigenvalue weighted by molar-refractivity contribution is 0.340. The van der Waals surface area contributed by atoms with Crippen molar-refractivity contribution in [1.29, 1.82) is 0 Å². The van der Waals surface area contributed by atoms with Gasteiger partial charge in [0.1, 0.15) is 11.4 Å². The van der Waals surface area contributed by atoms with Crippen molar-refractivity contribution in [3.63, 3.8) is 0 Å². The van der Waals surface area contributed by atoms with Crippen LogP contribution in [-0.4, -0.2) is 31.0 Å². The quantitative estimate of drug-likeness (QED) is 0.259. The fourth-order valence-corrected chi connectivity index (χ4v) is 5.42. The van der Waals surface area contributed by atoms with E-state index in [1.807, 2.05) is 90.6 Å². The van der Waals surface area contributed by atoms with E-state index in [9.17, 15) is 4.79 Å². The van der Waals surface area contributed by atoms with Gasteiger partial charge in [0.2, 0.25) is 4.96 Å². The first-order valence-corrected chi connectivity index (χ1v) is 14.0. The number of fused-ring (bicyclic) bond motifs is 1. The highest BCUT2D eigenvalue weighted by atomic mass is 32.1. The molecule has 6 aromatic rings. The van der Waals surface area contributed by atoms with Crippen molar-refractivity contribution in [3.05, 3.63) is 111 Å². The third-order valence-corrected chi connectivity index (χ3v) is 7.64. The Morgan fingerprint density at radius 2 is 1.60 bits per heavy atom. The monoisotopic (exact) mass is 547 g/mol. The molecule has 3 aromatic carbocycles. The van der Waals surface area contributed by atoms with Crippen LogP contribution in [0.15, 0.2) is 89.9 Å². The summed E-state index contributed by atoms with van der Waals surface area (Å²) in [5.41, 5.74) is 5.44. The highest BCUT2D eigenvalue weighted by Gasteiger charge is 2.17. The van der Waals surface area contributed by atoms with E-state index < -0.39 is 0 Å². The van der Waals surface area contributed by atoms with Crippen LogP contribution in [0.2, 0.25) is 0 Å². The highest BCUT2D eigenvalue weighted by Crippen LogP contribution is 2.27. The zero-order valence-corrected chi connectivity index (χ0v) is 23.6. The van der Waals surface area contributed by atoms with Crippen LogP contribution in [-0.2, 0) is 5.41 Å². The van der Waals surface area contributed by atoms with Gasteiger partial charge in [-0.15, -0.1) is 5.10 Å². The van der Waals surface area contributed by atoms with Gasteiger partial charge in [-0.25, -0.2) is 4.68 Å². The molecule has 0 bridgehead atoms.